The van der Waals surface area contributed by atoms with Crippen LogP contribution in [0.25, 0.3) is 0 Å². The van der Waals surface area contributed by atoms with Crippen LogP contribution >= 0.6 is 0 Å². The molecule has 0 bridgehead atoms. The second kappa shape index (κ2) is 5.44. The Hall–Kier alpha value is -1.49. The Balaban J connectivity index is 2.05. The van der Waals surface area contributed by atoms with Crippen LogP contribution in [0.4, 0.5) is 0 Å². The molecule has 0 saturated heterocycles. The van der Waals surface area contributed by atoms with Crippen LogP contribution in [-0.2, 0) is 4.79 Å². The van der Waals surface area contributed by atoms with Crippen molar-refractivity contribution >= 4 is 5.78 Å². The fraction of sp³-hybridized carbons (Fsp3) is 0.357. The van der Waals surface area contributed by atoms with Gasteiger partial charge < -0.3 is 15.3 Å². The van der Waals surface area contributed by atoms with E-state index < -0.39 is 24.2 Å². The minimum atomic E-state index is -1.31. The van der Waals surface area contributed by atoms with Crippen molar-refractivity contribution < 1.29 is 20.1 Å². The number of rotatable bonds is 4. The molecular weight excluding hydrogens is 232 g/mol. The van der Waals surface area contributed by atoms with E-state index >= 15 is 0 Å². The molecule has 0 spiro atoms. The summed E-state index contributed by atoms with van der Waals surface area (Å²) in [5, 5.41) is 29.9. The van der Waals surface area contributed by atoms with E-state index in [0.717, 1.165) is 0 Å². The van der Waals surface area contributed by atoms with Crippen LogP contribution in [0.15, 0.2) is 42.5 Å². The highest BCUT2D eigenvalue weighted by Crippen LogP contribution is 2.26. The van der Waals surface area contributed by atoms with Gasteiger partial charge in [-0.15, -0.1) is 0 Å². The largest absolute Gasteiger partial charge is 0.390 e. The average molecular weight is 248 g/mol. The van der Waals surface area contributed by atoms with Crippen LogP contribution in [-0.4, -0.2) is 33.3 Å². The number of hydrogen-bond donors (Lipinski definition) is 3. The van der Waals surface area contributed by atoms with Gasteiger partial charge in [-0.2, -0.15) is 0 Å². The zero-order valence-corrected chi connectivity index (χ0v) is 9.81. The third-order valence-electron chi connectivity index (χ3n) is 3.22. The molecule has 0 unspecified atom stereocenters. The zero-order valence-electron chi connectivity index (χ0n) is 9.81. The van der Waals surface area contributed by atoms with Gasteiger partial charge in [-0.1, -0.05) is 36.4 Å². The Morgan fingerprint density at radius 2 is 1.78 bits per heavy atom. The molecule has 4 atom stereocenters. The van der Waals surface area contributed by atoms with Gasteiger partial charge in [0.2, 0.25) is 0 Å². The predicted octanol–water partition coefficient (Wildman–Crippen LogP) is 0.587. The Bertz CT molecular complexity index is 440. The van der Waals surface area contributed by atoms with Crippen molar-refractivity contribution in [2.75, 3.05) is 0 Å². The number of aliphatic hydroxyl groups is 3. The topological polar surface area (TPSA) is 77.8 Å². The first-order valence-electron chi connectivity index (χ1n) is 5.90. The molecule has 0 radical (unpaired) electrons. The van der Waals surface area contributed by atoms with Crippen LogP contribution < -0.4 is 0 Å². The smallest absolute Gasteiger partial charge is 0.156 e. The molecule has 4 nitrogen and oxygen atoms in total. The monoisotopic (exact) mass is 248 g/mol. The molecule has 0 aromatic heterocycles. The first kappa shape index (κ1) is 13.0. The molecule has 0 fully saturated rings. The van der Waals surface area contributed by atoms with Crippen molar-refractivity contribution in [3.8, 4) is 0 Å². The van der Waals surface area contributed by atoms with Crippen molar-refractivity contribution in [1.82, 2.24) is 0 Å². The predicted molar refractivity (Wildman–Crippen MR) is 65.7 cm³/mol. The summed E-state index contributed by atoms with van der Waals surface area (Å²) >= 11 is 0. The van der Waals surface area contributed by atoms with Crippen LogP contribution in [0.1, 0.15) is 18.1 Å². The minimum Gasteiger partial charge on any atom is -0.390 e. The van der Waals surface area contributed by atoms with E-state index in [-0.39, 0.29) is 12.2 Å². The molecular formula is C14H16O4. The van der Waals surface area contributed by atoms with Gasteiger partial charge in [0.1, 0.15) is 12.2 Å². The summed E-state index contributed by atoms with van der Waals surface area (Å²) in [5.41, 5.74) is 0.539. The highest BCUT2D eigenvalue weighted by atomic mass is 16.4. The van der Waals surface area contributed by atoms with Crippen molar-refractivity contribution in [2.45, 2.75) is 24.7 Å². The summed E-state index contributed by atoms with van der Waals surface area (Å²) in [6.07, 6.45) is -0.468. The fourth-order valence-corrected chi connectivity index (χ4v) is 2.12. The number of aliphatic hydroxyl groups excluding tert-OH is 3. The van der Waals surface area contributed by atoms with Crippen molar-refractivity contribution in [2.24, 2.45) is 5.92 Å². The number of allylic oxidation sites excluding steroid dienone is 1. The minimum absolute atomic E-state index is 0.0690. The quantitative estimate of drug-likeness (QED) is 0.728. The third-order valence-corrected chi connectivity index (χ3v) is 3.22. The van der Waals surface area contributed by atoms with Crippen molar-refractivity contribution in [1.29, 1.82) is 0 Å². The summed E-state index contributed by atoms with van der Waals surface area (Å²) in [4.78, 5) is 11.1. The lowest BCUT2D eigenvalue weighted by Gasteiger charge is -2.26. The summed E-state index contributed by atoms with van der Waals surface area (Å²) in [7, 11) is 0. The molecule has 96 valence electrons. The van der Waals surface area contributed by atoms with Crippen LogP contribution in [0.2, 0.25) is 0 Å². The van der Waals surface area contributed by atoms with E-state index in [2.05, 4.69) is 0 Å². The van der Waals surface area contributed by atoms with Crippen LogP contribution in [0, 0.1) is 5.92 Å². The number of carbonyl (C=O) groups excluding carboxylic acids is 1. The highest BCUT2D eigenvalue weighted by molar-refractivity contribution is 5.92. The molecule has 3 N–H and O–H groups in total. The van der Waals surface area contributed by atoms with Gasteiger partial charge in [0.15, 0.2) is 5.78 Å². The fourth-order valence-electron chi connectivity index (χ4n) is 2.12. The molecule has 18 heavy (non-hydrogen) atoms. The summed E-state index contributed by atoms with van der Waals surface area (Å²) in [5.74, 6) is -0.494. The van der Waals surface area contributed by atoms with E-state index in [1.165, 1.54) is 6.08 Å². The lowest BCUT2D eigenvalue weighted by Crippen LogP contribution is -2.37. The SMILES string of the molecule is O=C1C=C[C@@H]([C@@H](O)[C@H](O)[C@H](O)c2ccccc2)C1. The summed E-state index contributed by atoms with van der Waals surface area (Å²) in [6.45, 7) is 0. The molecule has 0 amide bonds. The van der Waals surface area contributed by atoms with Gasteiger partial charge >= 0.3 is 0 Å². The standard InChI is InChI=1S/C14H16O4/c15-11-7-6-10(8-11)13(17)14(18)12(16)9-4-2-1-3-5-9/h1-7,10,12-14,16-18H,8H2/t10-,12-,13-,14-/m1/s1. The first-order chi connectivity index (χ1) is 8.59. The molecule has 0 saturated carbocycles. The average Bonchev–Trinajstić information content (AvgIpc) is 2.84. The van der Waals surface area contributed by atoms with Gasteiger partial charge in [-0.3, -0.25) is 4.79 Å². The highest BCUT2D eigenvalue weighted by Gasteiger charge is 2.33. The van der Waals surface area contributed by atoms with E-state index in [1.54, 1.807) is 36.4 Å². The Labute approximate surface area is 105 Å². The van der Waals surface area contributed by atoms with Crippen molar-refractivity contribution in [3.05, 3.63) is 48.0 Å². The van der Waals surface area contributed by atoms with Crippen LogP contribution in [0.3, 0.4) is 0 Å². The maximum Gasteiger partial charge on any atom is 0.156 e. The summed E-state index contributed by atoms with van der Waals surface area (Å²) in [6, 6.07) is 8.65. The Morgan fingerprint density at radius 1 is 1.11 bits per heavy atom. The van der Waals surface area contributed by atoms with Gasteiger partial charge in [-0.05, 0) is 11.6 Å². The number of carbonyl (C=O) groups is 1. The lowest BCUT2D eigenvalue weighted by atomic mass is 9.91. The lowest BCUT2D eigenvalue weighted by molar-refractivity contribution is -0.116. The number of benzene rings is 1. The number of hydrogen-bond acceptors (Lipinski definition) is 4. The zero-order chi connectivity index (χ0) is 13.1. The number of ketones is 1. The Kier molecular flexibility index (Phi) is 3.91. The second-order valence-electron chi connectivity index (χ2n) is 4.53. The maximum absolute atomic E-state index is 11.1. The van der Waals surface area contributed by atoms with E-state index in [1.807, 2.05) is 0 Å². The molecule has 1 aromatic carbocycles. The molecule has 2 rings (SSSR count). The third kappa shape index (κ3) is 2.67. The normalized spacial score (nSPS) is 23.9. The summed E-state index contributed by atoms with van der Waals surface area (Å²) < 4.78 is 0. The van der Waals surface area contributed by atoms with E-state index in [0.29, 0.717) is 5.56 Å². The van der Waals surface area contributed by atoms with Gasteiger partial charge in [0.25, 0.3) is 0 Å². The first-order valence-corrected chi connectivity index (χ1v) is 5.90. The molecule has 0 heterocycles. The second-order valence-corrected chi connectivity index (χ2v) is 4.53. The Morgan fingerprint density at radius 3 is 2.33 bits per heavy atom. The molecule has 4 heteroatoms. The maximum atomic E-state index is 11.1. The van der Waals surface area contributed by atoms with Gasteiger partial charge in [0.05, 0.1) is 6.10 Å². The van der Waals surface area contributed by atoms with E-state index in [9.17, 15) is 20.1 Å². The molecule has 0 aliphatic heterocycles. The molecule has 1 aromatic rings. The van der Waals surface area contributed by atoms with E-state index in [4.69, 9.17) is 0 Å². The van der Waals surface area contributed by atoms with Crippen molar-refractivity contribution in [3.63, 3.8) is 0 Å². The van der Waals surface area contributed by atoms with Gasteiger partial charge in [0, 0.05) is 12.3 Å². The van der Waals surface area contributed by atoms with Gasteiger partial charge in [-0.25, -0.2) is 0 Å². The van der Waals surface area contributed by atoms with Crippen LogP contribution in [0.5, 0.6) is 0 Å². The molecule has 1 aliphatic rings. The molecule has 1 aliphatic carbocycles.